The lowest BCUT2D eigenvalue weighted by atomic mass is 9.91. The topological polar surface area (TPSA) is 73.1 Å². The SMILES string of the molecule is N#Cc1cccc([C@H]2CCN[C@@H]2C(=O)O)c1. The van der Waals surface area contributed by atoms with Gasteiger partial charge < -0.3 is 10.4 Å². The van der Waals surface area contributed by atoms with Gasteiger partial charge in [-0.2, -0.15) is 5.26 Å². The van der Waals surface area contributed by atoms with Crippen LogP contribution in [0.2, 0.25) is 0 Å². The summed E-state index contributed by atoms with van der Waals surface area (Å²) in [6.07, 6.45) is 0.797. The van der Waals surface area contributed by atoms with Crippen molar-refractivity contribution in [2.45, 2.75) is 18.4 Å². The number of nitrogens with zero attached hydrogens (tertiary/aromatic N) is 1. The molecule has 1 aromatic rings. The zero-order valence-corrected chi connectivity index (χ0v) is 8.68. The van der Waals surface area contributed by atoms with Crippen LogP contribution in [0, 0.1) is 11.3 Å². The summed E-state index contributed by atoms with van der Waals surface area (Å²) >= 11 is 0. The third-order valence-electron chi connectivity index (χ3n) is 2.93. The van der Waals surface area contributed by atoms with E-state index in [9.17, 15) is 4.79 Å². The van der Waals surface area contributed by atoms with Gasteiger partial charge in [-0.3, -0.25) is 4.79 Å². The van der Waals surface area contributed by atoms with Crippen LogP contribution in [0.15, 0.2) is 24.3 Å². The van der Waals surface area contributed by atoms with Crippen LogP contribution >= 0.6 is 0 Å². The third-order valence-corrected chi connectivity index (χ3v) is 2.93. The maximum atomic E-state index is 11.0. The molecule has 4 nitrogen and oxygen atoms in total. The number of carboxylic acid groups (broad SMARTS) is 1. The molecule has 4 heteroatoms. The van der Waals surface area contributed by atoms with Crippen molar-refractivity contribution in [3.8, 4) is 6.07 Å². The zero-order valence-electron chi connectivity index (χ0n) is 8.68. The number of rotatable bonds is 2. The quantitative estimate of drug-likeness (QED) is 0.776. The van der Waals surface area contributed by atoms with Gasteiger partial charge in [0.15, 0.2) is 0 Å². The number of nitrogens with one attached hydrogen (secondary N) is 1. The Kier molecular flexibility index (Phi) is 2.88. The highest BCUT2D eigenvalue weighted by Gasteiger charge is 2.33. The van der Waals surface area contributed by atoms with Gasteiger partial charge >= 0.3 is 5.97 Å². The fourth-order valence-corrected chi connectivity index (χ4v) is 2.16. The molecular weight excluding hydrogens is 204 g/mol. The van der Waals surface area contributed by atoms with Gasteiger partial charge in [-0.15, -0.1) is 0 Å². The standard InChI is InChI=1S/C12H12N2O2/c13-7-8-2-1-3-9(6-8)10-4-5-14-11(10)12(15)16/h1-3,6,10-11,14H,4-5H2,(H,15,16)/t10-,11+/m1/s1. The summed E-state index contributed by atoms with van der Waals surface area (Å²) in [6, 6.07) is 8.71. The van der Waals surface area contributed by atoms with E-state index in [1.54, 1.807) is 18.2 Å². The Morgan fingerprint density at radius 1 is 1.56 bits per heavy atom. The first kappa shape index (κ1) is 10.7. The molecule has 0 radical (unpaired) electrons. The Labute approximate surface area is 93.5 Å². The van der Waals surface area contributed by atoms with Gasteiger partial charge in [0.25, 0.3) is 0 Å². The lowest BCUT2D eigenvalue weighted by Gasteiger charge is -2.15. The van der Waals surface area contributed by atoms with Gasteiger partial charge in [-0.05, 0) is 30.7 Å². The molecule has 16 heavy (non-hydrogen) atoms. The molecule has 0 bridgehead atoms. The van der Waals surface area contributed by atoms with Gasteiger partial charge in [0.05, 0.1) is 11.6 Å². The largest absolute Gasteiger partial charge is 0.480 e. The Balaban J connectivity index is 2.29. The van der Waals surface area contributed by atoms with Crippen molar-refractivity contribution in [2.24, 2.45) is 0 Å². The van der Waals surface area contributed by atoms with Gasteiger partial charge in [-0.1, -0.05) is 12.1 Å². The van der Waals surface area contributed by atoms with Crippen LogP contribution < -0.4 is 5.32 Å². The Morgan fingerprint density at radius 3 is 3.06 bits per heavy atom. The van der Waals surface area contributed by atoms with E-state index in [0.717, 1.165) is 12.0 Å². The highest BCUT2D eigenvalue weighted by molar-refractivity contribution is 5.75. The van der Waals surface area contributed by atoms with Gasteiger partial charge in [0, 0.05) is 5.92 Å². The van der Waals surface area contributed by atoms with E-state index in [1.165, 1.54) is 0 Å². The predicted octanol–water partition coefficient (Wildman–Crippen LogP) is 1.09. The molecule has 1 aromatic carbocycles. The normalized spacial score (nSPS) is 23.9. The Bertz CT molecular complexity index is 451. The zero-order chi connectivity index (χ0) is 11.5. The van der Waals surface area contributed by atoms with Crippen LogP contribution in [-0.2, 0) is 4.79 Å². The molecule has 82 valence electrons. The molecule has 1 aliphatic rings. The number of aliphatic carboxylic acids is 1. The van der Waals surface area contributed by atoms with E-state index in [1.807, 2.05) is 6.07 Å². The molecule has 1 heterocycles. The lowest BCUT2D eigenvalue weighted by molar-refractivity contribution is -0.139. The smallest absolute Gasteiger partial charge is 0.321 e. The molecule has 1 saturated heterocycles. The van der Waals surface area contributed by atoms with E-state index < -0.39 is 12.0 Å². The summed E-state index contributed by atoms with van der Waals surface area (Å²) in [5.41, 5.74) is 1.50. The minimum Gasteiger partial charge on any atom is -0.480 e. The molecule has 0 unspecified atom stereocenters. The number of carbonyl (C=O) groups is 1. The molecule has 1 aliphatic heterocycles. The van der Waals surface area contributed by atoms with Crippen molar-refractivity contribution >= 4 is 5.97 Å². The van der Waals surface area contributed by atoms with Crippen molar-refractivity contribution in [3.63, 3.8) is 0 Å². The van der Waals surface area contributed by atoms with Crippen LogP contribution in [0.25, 0.3) is 0 Å². The van der Waals surface area contributed by atoms with Crippen molar-refractivity contribution < 1.29 is 9.90 Å². The first-order valence-electron chi connectivity index (χ1n) is 5.18. The average Bonchev–Trinajstić information content (AvgIpc) is 2.78. The van der Waals surface area contributed by atoms with Gasteiger partial charge in [0.1, 0.15) is 6.04 Å². The van der Waals surface area contributed by atoms with Crippen LogP contribution in [0.5, 0.6) is 0 Å². The van der Waals surface area contributed by atoms with Crippen molar-refractivity contribution in [1.29, 1.82) is 5.26 Å². The Morgan fingerprint density at radius 2 is 2.38 bits per heavy atom. The molecule has 2 N–H and O–H groups in total. The maximum Gasteiger partial charge on any atom is 0.321 e. The number of carboxylic acids is 1. The van der Waals surface area contributed by atoms with Gasteiger partial charge in [-0.25, -0.2) is 0 Å². The lowest BCUT2D eigenvalue weighted by Crippen LogP contribution is -2.34. The molecule has 0 aliphatic carbocycles. The minimum atomic E-state index is -0.829. The fraction of sp³-hybridized carbons (Fsp3) is 0.333. The van der Waals surface area contributed by atoms with Crippen molar-refractivity contribution in [3.05, 3.63) is 35.4 Å². The Hall–Kier alpha value is -1.86. The third kappa shape index (κ3) is 1.90. The number of benzene rings is 1. The second-order valence-corrected chi connectivity index (χ2v) is 3.90. The summed E-state index contributed by atoms with van der Waals surface area (Å²) in [4.78, 5) is 11.0. The molecule has 0 aromatic heterocycles. The number of hydrogen-bond acceptors (Lipinski definition) is 3. The summed E-state index contributed by atoms with van der Waals surface area (Å²) in [5.74, 6) is -0.865. The van der Waals surface area contributed by atoms with E-state index >= 15 is 0 Å². The van der Waals surface area contributed by atoms with E-state index in [4.69, 9.17) is 10.4 Å². The monoisotopic (exact) mass is 216 g/mol. The highest BCUT2D eigenvalue weighted by atomic mass is 16.4. The van der Waals surface area contributed by atoms with Crippen LogP contribution in [0.4, 0.5) is 0 Å². The van der Waals surface area contributed by atoms with Crippen LogP contribution in [0.1, 0.15) is 23.5 Å². The minimum absolute atomic E-state index is 0.0363. The van der Waals surface area contributed by atoms with Crippen LogP contribution in [-0.4, -0.2) is 23.7 Å². The van der Waals surface area contributed by atoms with E-state index in [-0.39, 0.29) is 5.92 Å². The maximum absolute atomic E-state index is 11.0. The first-order valence-corrected chi connectivity index (χ1v) is 5.18. The second-order valence-electron chi connectivity index (χ2n) is 3.90. The van der Waals surface area contributed by atoms with Crippen molar-refractivity contribution in [2.75, 3.05) is 6.54 Å². The molecule has 2 rings (SSSR count). The first-order chi connectivity index (χ1) is 7.72. The van der Waals surface area contributed by atoms with Crippen LogP contribution in [0.3, 0.4) is 0 Å². The second kappa shape index (κ2) is 4.33. The molecule has 2 atom stereocenters. The summed E-state index contributed by atoms with van der Waals surface area (Å²) < 4.78 is 0. The van der Waals surface area contributed by atoms with Gasteiger partial charge in [0.2, 0.25) is 0 Å². The fourth-order valence-electron chi connectivity index (χ4n) is 2.16. The van der Waals surface area contributed by atoms with E-state index in [0.29, 0.717) is 12.1 Å². The predicted molar refractivity (Wildman–Crippen MR) is 57.9 cm³/mol. The summed E-state index contributed by atoms with van der Waals surface area (Å²) in [6.45, 7) is 0.707. The molecule has 0 spiro atoms. The summed E-state index contributed by atoms with van der Waals surface area (Å²) in [5, 5.41) is 20.8. The van der Waals surface area contributed by atoms with Crippen molar-refractivity contribution in [1.82, 2.24) is 5.32 Å². The number of nitriles is 1. The highest BCUT2D eigenvalue weighted by Crippen LogP contribution is 2.28. The molecule has 1 fully saturated rings. The molecular formula is C12H12N2O2. The number of hydrogen-bond donors (Lipinski definition) is 2. The average molecular weight is 216 g/mol. The van der Waals surface area contributed by atoms with E-state index in [2.05, 4.69) is 11.4 Å². The molecule has 0 amide bonds. The molecule has 0 saturated carbocycles. The summed E-state index contributed by atoms with van der Waals surface area (Å²) in [7, 11) is 0.